The minimum absolute atomic E-state index is 0.222. The van der Waals surface area contributed by atoms with Crippen molar-refractivity contribution < 1.29 is 14.3 Å². The molecule has 0 aliphatic carbocycles. The van der Waals surface area contributed by atoms with Crippen molar-refractivity contribution in [3.63, 3.8) is 0 Å². The van der Waals surface area contributed by atoms with Crippen molar-refractivity contribution in [3.8, 4) is 0 Å². The predicted molar refractivity (Wildman–Crippen MR) is 106 cm³/mol. The lowest BCUT2D eigenvalue weighted by atomic mass is 9.91. The maximum atomic E-state index is 12.2. The fraction of sp³-hybridized carbons (Fsp3) is 0.667. The van der Waals surface area contributed by atoms with Gasteiger partial charge in [-0.1, -0.05) is 0 Å². The number of nitrogens with zero attached hydrogens (tertiary/aromatic N) is 2. The number of rotatable bonds is 4. The number of hydrogen-bond donors (Lipinski definition) is 0. The zero-order chi connectivity index (χ0) is 18.6. The zero-order valence-electron chi connectivity index (χ0n) is 15.6. The van der Waals surface area contributed by atoms with Crippen LogP contribution < -0.4 is 0 Å². The summed E-state index contributed by atoms with van der Waals surface area (Å²) < 4.78 is 11.8. The molecular formula is C18H27BrN2O3S. The molecule has 0 saturated carbocycles. The van der Waals surface area contributed by atoms with Gasteiger partial charge in [-0.15, -0.1) is 11.3 Å². The Bertz CT molecular complexity index is 629. The fourth-order valence-corrected chi connectivity index (χ4v) is 4.94. The highest BCUT2D eigenvalue weighted by Crippen LogP contribution is 2.33. The van der Waals surface area contributed by atoms with Crippen molar-refractivity contribution >= 4 is 39.1 Å². The Morgan fingerprint density at radius 2 is 2.04 bits per heavy atom. The van der Waals surface area contributed by atoms with Gasteiger partial charge in [0.25, 0.3) is 0 Å². The number of ether oxygens (including phenoxy) is 2. The normalized spacial score (nSPS) is 17.0. The molecule has 25 heavy (non-hydrogen) atoms. The van der Waals surface area contributed by atoms with E-state index in [0.717, 1.165) is 23.0 Å². The van der Waals surface area contributed by atoms with Crippen LogP contribution >= 0.6 is 27.3 Å². The number of methoxy groups -OCH3 is 1. The molecule has 2 rings (SSSR count). The average Bonchev–Trinajstić information content (AvgIpc) is 2.88. The van der Waals surface area contributed by atoms with E-state index in [0.29, 0.717) is 25.6 Å². The zero-order valence-corrected chi connectivity index (χ0v) is 18.0. The SMILES string of the molecule is CN=C(c1sc(COC)cc1Br)C1CCN(C(=O)OC(C)(C)C)CC1. The van der Waals surface area contributed by atoms with Crippen molar-refractivity contribution in [1.82, 2.24) is 4.90 Å². The van der Waals surface area contributed by atoms with E-state index in [1.807, 2.05) is 27.8 Å². The van der Waals surface area contributed by atoms with Crippen molar-refractivity contribution in [2.24, 2.45) is 10.9 Å². The Morgan fingerprint density at radius 1 is 1.40 bits per heavy atom. The van der Waals surface area contributed by atoms with Gasteiger partial charge in [-0.05, 0) is 55.6 Å². The molecule has 0 aromatic carbocycles. The summed E-state index contributed by atoms with van der Waals surface area (Å²) in [6.07, 6.45) is 1.58. The fourth-order valence-electron chi connectivity index (χ4n) is 2.94. The first kappa shape index (κ1) is 20.4. The van der Waals surface area contributed by atoms with Crippen molar-refractivity contribution in [3.05, 3.63) is 20.3 Å². The third kappa shape index (κ3) is 5.53. The lowest BCUT2D eigenvalue weighted by Gasteiger charge is -2.33. The number of hydrogen-bond acceptors (Lipinski definition) is 5. The average molecular weight is 431 g/mol. The van der Waals surface area contributed by atoms with Crippen LogP contribution in [0.3, 0.4) is 0 Å². The van der Waals surface area contributed by atoms with Gasteiger partial charge in [0.15, 0.2) is 0 Å². The monoisotopic (exact) mass is 430 g/mol. The van der Waals surface area contributed by atoms with Crippen LogP contribution in [-0.2, 0) is 16.1 Å². The smallest absolute Gasteiger partial charge is 0.410 e. The van der Waals surface area contributed by atoms with Gasteiger partial charge in [0.1, 0.15) is 5.60 Å². The van der Waals surface area contributed by atoms with E-state index in [9.17, 15) is 4.79 Å². The number of halogens is 1. The first-order valence-electron chi connectivity index (χ1n) is 8.47. The molecule has 0 unspecified atom stereocenters. The molecule has 0 radical (unpaired) electrons. The molecule has 1 aliphatic rings. The minimum Gasteiger partial charge on any atom is -0.444 e. The van der Waals surface area contributed by atoms with Crippen LogP contribution in [0.4, 0.5) is 4.79 Å². The standard InChI is InChI=1S/C18H27BrN2O3S/c1-18(2,3)24-17(22)21-8-6-12(7-9-21)15(20-4)16-14(19)10-13(25-16)11-23-5/h10,12H,6-9,11H2,1-5H3. The Labute approximate surface area is 162 Å². The number of piperidine rings is 1. The molecule has 0 spiro atoms. The third-order valence-electron chi connectivity index (χ3n) is 4.03. The van der Waals surface area contributed by atoms with Gasteiger partial charge in [-0.2, -0.15) is 0 Å². The summed E-state index contributed by atoms with van der Waals surface area (Å²) in [4.78, 5) is 20.9. The van der Waals surface area contributed by atoms with Crippen LogP contribution in [0.1, 0.15) is 43.4 Å². The Balaban J connectivity index is 2.02. The van der Waals surface area contributed by atoms with Crippen LogP contribution in [0, 0.1) is 5.92 Å². The van der Waals surface area contributed by atoms with Gasteiger partial charge >= 0.3 is 6.09 Å². The second kappa shape index (κ2) is 8.64. The van der Waals surface area contributed by atoms with E-state index >= 15 is 0 Å². The molecule has 1 amide bonds. The highest BCUT2D eigenvalue weighted by molar-refractivity contribution is 9.10. The van der Waals surface area contributed by atoms with Crippen LogP contribution in [0.15, 0.2) is 15.5 Å². The summed E-state index contributed by atoms with van der Waals surface area (Å²) in [5, 5.41) is 0. The van der Waals surface area contributed by atoms with E-state index in [1.54, 1.807) is 23.3 Å². The number of carbonyl (C=O) groups is 1. The van der Waals surface area contributed by atoms with Gasteiger partial charge < -0.3 is 14.4 Å². The lowest BCUT2D eigenvalue weighted by Crippen LogP contribution is -2.43. The summed E-state index contributed by atoms with van der Waals surface area (Å²) in [7, 11) is 3.55. The lowest BCUT2D eigenvalue weighted by molar-refractivity contribution is 0.0202. The Hall–Kier alpha value is -0.920. The van der Waals surface area contributed by atoms with E-state index in [2.05, 4.69) is 27.0 Å². The second-order valence-corrected chi connectivity index (χ2v) is 9.16. The largest absolute Gasteiger partial charge is 0.444 e. The van der Waals surface area contributed by atoms with Gasteiger partial charge in [0.05, 0.1) is 17.2 Å². The molecule has 2 heterocycles. The second-order valence-electron chi connectivity index (χ2n) is 7.17. The molecule has 0 atom stereocenters. The molecular weight excluding hydrogens is 404 g/mol. The highest BCUT2D eigenvalue weighted by Gasteiger charge is 2.30. The molecule has 7 heteroatoms. The van der Waals surface area contributed by atoms with Gasteiger partial charge in [0.2, 0.25) is 0 Å². The van der Waals surface area contributed by atoms with E-state index in [4.69, 9.17) is 9.47 Å². The van der Waals surface area contributed by atoms with Crippen LogP contribution in [0.2, 0.25) is 0 Å². The van der Waals surface area contributed by atoms with E-state index < -0.39 is 5.60 Å². The summed E-state index contributed by atoms with van der Waals surface area (Å²) in [5.74, 6) is 0.356. The van der Waals surface area contributed by atoms with E-state index in [1.165, 1.54) is 9.75 Å². The number of aliphatic imine (C=N–C) groups is 1. The highest BCUT2D eigenvalue weighted by atomic mass is 79.9. The topological polar surface area (TPSA) is 51.1 Å². The first-order chi connectivity index (χ1) is 11.7. The molecule has 0 bridgehead atoms. The molecule has 1 aliphatic heterocycles. The molecule has 5 nitrogen and oxygen atoms in total. The van der Waals surface area contributed by atoms with Gasteiger partial charge in [-0.25, -0.2) is 4.79 Å². The van der Waals surface area contributed by atoms with Crippen molar-refractivity contribution in [1.29, 1.82) is 0 Å². The summed E-state index contributed by atoms with van der Waals surface area (Å²) in [6.45, 7) is 7.69. The molecule has 1 aromatic rings. The van der Waals surface area contributed by atoms with Crippen molar-refractivity contribution in [2.75, 3.05) is 27.2 Å². The predicted octanol–water partition coefficient (Wildman–Crippen LogP) is 4.72. The number of amides is 1. The number of thiophene rings is 1. The van der Waals surface area contributed by atoms with Gasteiger partial charge in [-0.3, -0.25) is 4.99 Å². The molecule has 1 aromatic heterocycles. The van der Waals surface area contributed by atoms with E-state index in [-0.39, 0.29) is 6.09 Å². The summed E-state index contributed by atoms with van der Waals surface area (Å²) in [6, 6.07) is 2.10. The number of likely N-dealkylation sites (tertiary alicyclic amines) is 1. The Kier molecular flexibility index (Phi) is 7.05. The third-order valence-corrected chi connectivity index (χ3v) is 6.05. The first-order valence-corrected chi connectivity index (χ1v) is 10.1. The summed E-state index contributed by atoms with van der Waals surface area (Å²) in [5.41, 5.74) is 0.659. The number of carbonyl (C=O) groups excluding carboxylic acids is 1. The molecule has 1 saturated heterocycles. The molecule has 1 fully saturated rings. The maximum absolute atomic E-state index is 12.2. The van der Waals surface area contributed by atoms with Gasteiger partial charge in [0, 0.05) is 42.5 Å². The van der Waals surface area contributed by atoms with Crippen LogP contribution in [0.25, 0.3) is 0 Å². The molecule has 140 valence electrons. The van der Waals surface area contributed by atoms with Crippen LogP contribution in [-0.4, -0.2) is 49.6 Å². The molecule has 0 N–H and O–H groups in total. The minimum atomic E-state index is -0.455. The quantitative estimate of drug-likeness (QED) is 0.648. The Morgan fingerprint density at radius 3 is 2.56 bits per heavy atom. The van der Waals surface area contributed by atoms with Crippen molar-refractivity contribution in [2.45, 2.75) is 45.8 Å². The maximum Gasteiger partial charge on any atom is 0.410 e. The van der Waals surface area contributed by atoms with Crippen LogP contribution in [0.5, 0.6) is 0 Å². The summed E-state index contributed by atoms with van der Waals surface area (Å²) >= 11 is 5.37.